The number of methoxy groups -OCH3 is 1. The van der Waals surface area contributed by atoms with Crippen LogP contribution in [0.2, 0.25) is 0 Å². The second-order valence-electron chi connectivity index (χ2n) is 5.83. The van der Waals surface area contributed by atoms with Crippen LogP contribution in [0.4, 0.5) is 0 Å². The summed E-state index contributed by atoms with van der Waals surface area (Å²) >= 11 is 0. The third-order valence-electron chi connectivity index (χ3n) is 4.38. The molecule has 2 aromatic carbocycles. The van der Waals surface area contributed by atoms with Crippen LogP contribution in [0.1, 0.15) is 42.4 Å². The van der Waals surface area contributed by atoms with Gasteiger partial charge in [-0.25, -0.2) is 0 Å². The Morgan fingerprint density at radius 1 is 1.12 bits per heavy atom. The minimum atomic E-state index is -0.636. The van der Waals surface area contributed by atoms with Crippen LogP contribution in [0.5, 0.6) is 11.5 Å². The molecular formula is C20H20O5. The fourth-order valence-electron chi connectivity index (χ4n) is 3.20. The van der Waals surface area contributed by atoms with Gasteiger partial charge in [0.25, 0.3) is 0 Å². The summed E-state index contributed by atoms with van der Waals surface area (Å²) < 4.78 is 16.2. The third-order valence-corrected chi connectivity index (χ3v) is 4.38. The monoisotopic (exact) mass is 340 g/mol. The first kappa shape index (κ1) is 17.0. The van der Waals surface area contributed by atoms with E-state index in [-0.39, 0.29) is 18.5 Å². The van der Waals surface area contributed by atoms with Gasteiger partial charge >= 0.3 is 11.9 Å². The largest absolute Gasteiger partial charge is 0.469 e. The number of carbonyl (C=O) groups is 2. The summed E-state index contributed by atoms with van der Waals surface area (Å²) in [6, 6.07) is 12.8. The number of hydrogen-bond acceptors (Lipinski definition) is 5. The lowest BCUT2D eigenvalue weighted by molar-refractivity contribution is -0.144. The number of carbonyl (C=O) groups excluding carboxylic acids is 2. The first-order valence-electron chi connectivity index (χ1n) is 8.22. The number of hydrogen-bond donors (Lipinski definition) is 0. The van der Waals surface area contributed by atoms with Gasteiger partial charge in [0, 0.05) is 11.1 Å². The molecule has 5 heteroatoms. The van der Waals surface area contributed by atoms with Crippen molar-refractivity contribution in [2.75, 3.05) is 13.7 Å². The van der Waals surface area contributed by atoms with Crippen LogP contribution in [-0.4, -0.2) is 25.7 Å². The van der Waals surface area contributed by atoms with Gasteiger partial charge in [0.05, 0.1) is 19.6 Å². The van der Waals surface area contributed by atoms with Crippen LogP contribution < -0.4 is 4.74 Å². The van der Waals surface area contributed by atoms with Gasteiger partial charge < -0.3 is 14.2 Å². The molecule has 0 N–H and O–H groups in total. The molecule has 5 nitrogen and oxygen atoms in total. The van der Waals surface area contributed by atoms with Crippen molar-refractivity contribution in [1.29, 1.82) is 0 Å². The first-order chi connectivity index (χ1) is 12.1. The number of para-hydroxylation sites is 1. The minimum Gasteiger partial charge on any atom is -0.469 e. The molecule has 2 aromatic rings. The molecule has 0 bridgehead atoms. The van der Waals surface area contributed by atoms with E-state index in [9.17, 15) is 9.59 Å². The quantitative estimate of drug-likeness (QED) is 0.793. The average Bonchev–Trinajstić information content (AvgIpc) is 2.64. The Kier molecular flexibility index (Phi) is 4.74. The average molecular weight is 340 g/mol. The van der Waals surface area contributed by atoms with Crippen molar-refractivity contribution in [3.05, 3.63) is 59.2 Å². The second kappa shape index (κ2) is 6.97. The molecule has 0 fully saturated rings. The molecule has 0 spiro atoms. The van der Waals surface area contributed by atoms with E-state index >= 15 is 0 Å². The molecule has 0 saturated carbocycles. The molecule has 0 aliphatic carbocycles. The van der Waals surface area contributed by atoms with E-state index in [1.165, 1.54) is 7.11 Å². The molecule has 25 heavy (non-hydrogen) atoms. The molecule has 2 atom stereocenters. The molecule has 1 heterocycles. The van der Waals surface area contributed by atoms with Gasteiger partial charge in [-0.1, -0.05) is 30.3 Å². The summed E-state index contributed by atoms with van der Waals surface area (Å²) in [5.74, 6) is -0.700. The van der Waals surface area contributed by atoms with Crippen molar-refractivity contribution in [2.45, 2.75) is 25.7 Å². The van der Waals surface area contributed by atoms with E-state index in [4.69, 9.17) is 14.2 Å². The molecule has 1 aliphatic rings. The minimum absolute atomic E-state index is 0.280. The highest BCUT2D eigenvalue weighted by Gasteiger charge is 2.37. The summed E-state index contributed by atoms with van der Waals surface area (Å²) in [5, 5.41) is 0. The van der Waals surface area contributed by atoms with Crippen LogP contribution in [0.3, 0.4) is 0 Å². The Labute approximate surface area is 146 Å². The van der Waals surface area contributed by atoms with Crippen LogP contribution in [-0.2, 0) is 19.1 Å². The fourth-order valence-corrected chi connectivity index (χ4v) is 3.20. The lowest BCUT2D eigenvalue weighted by Crippen LogP contribution is -2.24. The Morgan fingerprint density at radius 3 is 2.56 bits per heavy atom. The predicted molar refractivity (Wildman–Crippen MR) is 91.9 cm³/mol. The highest BCUT2D eigenvalue weighted by Crippen LogP contribution is 2.47. The number of ether oxygens (including phenoxy) is 3. The van der Waals surface area contributed by atoms with Gasteiger partial charge in [-0.05, 0) is 31.5 Å². The van der Waals surface area contributed by atoms with Crippen LogP contribution in [0, 0.1) is 0 Å². The fraction of sp³-hybridized carbons (Fsp3) is 0.300. The maximum absolute atomic E-state index is 12.7. The van der Waals surface area contributed by atoms with E-state index in [0.717, 1.165) is 5.56 Å². The Balaban J connectivity index is 2.19. The highest BCUT2D eigenvalue weighted by molar-refractivity contribution is 5.88. The van der Waals surface area contributed by atoms with Crippen LogP contribution in [0.15, 0.2) is 42.5 Å². The summed E-state index contributed by atoms with van der Waals surface area (Å²) in [6.45, 7) is 3.81. The maximum Gasteiger partial charge on any atom is 0.318 e. The smallest absolute Gasteiger partial charge is 0.318 e. The maximum atomic E-state index is 12.7. The zero-order valence-electron chi connectivity index (χ0n) is 14.4. The SMILES string of the molecule is CCOC(=O)[C@H]1c2ccccc2Oc2cccc(C(C)C(=O)OC)c21. The molecular weight excluding hydrogens is 320 g/mol. The van der Waals surface area contributed by atoms with Gasteiger partial charge in [-0.3, -0.25) is 9.59 Å². The van der Waals surface area contributed by atoms with Crippen molar-refractivity contribution in [1.82, 2.24) is 0 Å². The van der Waals surface area contributed by atoms with Crippen molar-refractivity contribution < 1.29 is 23.8 Å². The van der Waals surface area contributed by atoms with E-state index < -0.39 is 11.8 Å². The molecule has 130 valence electrons. The number of fused-ring (bicyclic) bond motifs is 2. The third kappa shape index (κ3) is 2.97. The van der Waals surface area contributed by atoms with E-state index in [0.29, 0.717) is 22.6 Å². The number of rotatable bonds is 4. The molecule has 0 amide bonds. The topological polar surface area (TPSA) is 61.8 Å². The molecule has 1 unspecified atom stereocenters. The first-order valence-corrected chi connectivity index (χ1v) is 8.22. The lowest BCUT2D eigenvalue weighted by atomic mass is 9.82. The van der Waals surface area contributed by atoms with Crippen molar-refractivity contribution in [2.24, 2.45) is 0 Å². The highest BCUT2D eigenvalue weighted by atomic mass is 16.5. The van der Waals surface area contributed by atoms with Gasteiger partial charge in [0.2, 0.25) is 0 Å². The Bertz CT molecular complexity index is 811. The van der Waals surface area contributed by atoms with Gasteiger partial charge in [0.15, 0.2) is 0 Å². The zero-order chi connectivity index (χ0) is 18.0. The number of benzene rings is 2. The van der Waals surface area contributed by atoms with Crippen molar-refractivity contribution in [3.63, 3.8) is 0 Å². The Hall–Kier alpha value is -2.82. The summed E-state index contributed by atoms with van der Waals surface area (Å²) in [4.78, 5) is 24.8. The zero-order valence-corrected chi connectivity index (χ0v) is 14.4. The van der Waals surface area contributed by atoms with Gasteiger partial charge in [0.1, 0.15) is 17.4 Å². The summed E-state index contributed by atoms with van der Waals surface area (Å²) in [5.41, 5.74) is 2.10. The van der Waals surface area contributed by atoms with E-state index in [2.05, 4.69) is 0 Å². The van der Waals surface area contributed by atoms with Gasteiger partial charge in [-0.2, -0.15) is 0 Å². The van der Waals surface area contributed by atoms with Crippen molar-refractivity contribution in [3.8, 4) is 11.5 Å². The molecule has 3 rings (SSSR count). The van der Waals surface area contributed by atoms with Gasteiger partial charge in [-0.15, -0.1) is 0 Å². The summed E-state index contributed by atoms with van der Waals surface area (Å²) in [6.07, 6.45) is 0. The van der Waals surface area contributed by atoms with E-state index in [1.807, 2.05) is 36.4 Å². The molecule has 1 aliphatic heterocycles. The van der Waals surface area contributed by atoms with E-state index in [1.54, 1.807) is 19.9 Å². The molecule has 0 saturated heterocycles. The molecule has 0 aromatic heterocycles. The number of esters is 2. The lowest BCUT2D eigenvalue weighted by Gasteiger charge is -2.29. The second-order valence-corrected chi connectivity index (χ2v) is 5.83. The standard InChI is InChI=1S/C20H20O5/c1-4-24-20(22)18-14-8-5-6-10-15(14)25-16-11-7-9-13(17(16)18)12(2)19(21)23-3/h5-12,18H,4H2,1-3H3/t12?,18-/m0/s1. The molecule has 0 radical (unpaired) electrons. The van der Waals surface area contributed by atoms with Crippen LogP contribution >= 0.6 is 0 Å². The Morgan fingerprint density at radius 2 is 1.84 bits per heavy atom. The van der Waals surface area contributed by atoms with Crippen LogP contribution in [0.25, 0.3) is 0 Å². The summed E-state index contributed by atoms with van der Waals surface area (Å²) in [7, 11) is 1.35. The van der Waals surface area contributed by atoms with Crippen molar-refractivity contribution >= 4 is 11.9 Å². The normalized spacial score (nSPS) is 16.0. The predicted octanol–water partition coefficient (Wildman–Crippen LogP) is 3.76.